The maximum Gasteiger partial charge on any atom is 0.488 e. The first-order valence-electron chi connectivity index (χ1n) is 5.87. The molecule has 0 aliphatic rings. The summed E-state index contributed by atoms with van der Waals surface area (Å²) in [5.74, 6) is -0.0697. The van der Waals surface area contributed by atoms with Gasteiger partial charge >= 0.3 is 7.12 Å². The van der Waals surface area contributed by atoms with Gasteiger partial charge in [0.15, 0.2) is 0 Å². The number of benzene rings is 2. The maximum atomic E-state index is 13.5. The molecule has 2 aromatic carbocycles. The summed E-state index contributed by atoms with van der Waals surface area (Å²) in [5.41, 5.74) is 0.900. The van der Waals surface area contributed by atoms with Crippen LogP contribution < -0.4 is 10.2 Å². The molecule has 0 fully saturated rings. The molecule has 0 amide bonds. The van der Waals surface area contributed by atoms with E-state index in [2.05, 4.69) is 0 Å². The molecule has 20 heavy (non-hydrogen) atoms. The molecule has 0 unspecified atom stereocenters. The quantitative estimate of drug-likeness (QED) is 0.812. The maximum absolute atomic E-state index is 13.5. The number of hydrogen-bond acceptors (Lipinski definition) is 4. The first-order chi connectivity index (χ1) is 9.60. The second kappa shape index (κ2) is 6.19. The highest BCUT2D eigenvalue weighted by molar-refractivity contribution is 6.58. The first kappa shape index (κ1) is 14.1. The standard InChI is InChI=1S/C14H11BFNO3/c16-14-5-4-10(8-17)6-11(14)9-20-13-3-1-2-12(7-13)15(18)19/h1-7,18-19H,9H2. The Hall–Kier alpha value is -2.36. The van der Waals surface area contributed by atoms with Crippen molar-refractivity contribution >= 4 is 12.6 Å². The van der Waals surface area contributed by atoms with Crippen molar-refractivity contribution in [2.24, 2.45) is 0 Å². The highest BCUT2D eigenvalue weighted by atomic mass is 19.1. The van der Waals surface area contributed by atoms with Crippen molar-refractivity contribution in [3.05, 3.63) is 59.4 Å². The molecule has 0 bridgehead atoms. The van der Waals surface area contributed by atoms with Crippen molar-refractivity contribution in [2.45, 2.75) is 6.61 Å². The highest BCUT2D eigenvalue weighted by Crippen LogP contribution is 2.14. The molecule has 0 atom stereocenters. The van der Waals surface area contributed by atoms with Crippen LogP contribution in [0, 0.1) is 17.1 Å². The van der Waals surface area contributed by atoms with Crippen molar-refractivity contribution in [1.82, 2.24) is 0 Å². The zero-order valence-corrected chi connectivity index (χ0v) is 10.5. The molecule has 0 saturated carbocycles. The number of ether oxygens (including phenoxy) is 1. The smallest absolute Gasteiger partial charge is 0.488 e. The van der Waals surface area contributed by atoms with Gasteiger partial charge in [0.1, 0.15) is 18.2 Å². The van der Waals surface area contributed by atoms with Crippen LogP contribution in [0.1, 0.15) is 11.1 Å². The molecule has 2 rings (SSSR count). The fourth-order valence-corrected chi connectivity index (χ4v) is 1.68. The normalized spacial score (nSPS) is 9.90. The number of nitriles is 1. The van der Waals surface area contributed by atoms with Crippen LogP contribution in [-0.2, 0) is 6.61 Å². The average Bonchev–Trinajstić information content (AvgIpc) is 2.46. The lowest BCUT2D eigenvalue weighted by Gasteiger charge is -2.09. The van der Waals surface area contributed by atoms with Gasteiger partial charge in [-0.1, -0.05) is 12.1 Å². The van der Waals surface area contributed by atoms with Gasteiger partial charge in [-0.3, -0.25) is 0 Å². The van der Waals surface area contributed by atoms with Gasteiger partial charge in [0.05, 0.1) is 11.6 Å². The zero-order chi connectivity index (χ0) is 14.5. The zero-order valence-electron chi connectivity index (χ0n) is 10.5. The van der Waals surface area contributed by atoms with Gasteiger partial charge in [-0.2, -0.15) is 5.26 Å². The van der Waals surface area contributed by atoms with E-state index >= 15 is 0 Å². The van der Waals surface area contributed by atoms with E-state index < -0.39 is 12.9 Å². The summed E-state index contributed by atoms with van der Waals surface area (Å²) in [6.45, 7) is -0.0493. The van der Waals surface area contributed by atoms with Crippen LogP contribution >= 0.6 is 0 Å². The molecule has 0 aliphatic heterocycles. The van der Waals surface area contributed by atoms with E-state index in [1.54, 1.807) is 12.1 Å². The Morgan fingerprint density at radius 1 is 1.20 bits per heavy atom. The molecular formula is C14H11BFNO3. The van der Waals surface area contributed by atoms with Crippen molar-refractivity contribution in [1.29, 1.82) is 5.26 Å². The van der Waals surface area contributed by atoms with Crippen LogP contribution in [0.25, 0.3) is 0 Å². The molecule has 2 aromatic rings. The Bertz CT molecular complexity index is 655. The molecule has 100 valence electrons. The summed E-state index contributed by atoms with van der Waals surface area (Å²) < 4.78 is 18.9. The number of nitrogens with zero attached hydrogens (tertiary/aromatic N) is 1. The highest BCUT2D eigenvalue weighted by Gasteiger charge is 2.11. The molecule has 0 spiro atoms. The van der Waals surface area contributed by atoms with Gasteiger partial charge in [0.25, 0.3) is 0 Å². The van der Waals surface area contributed by atoms with Crippen LogP contribution in [-0.4, -0.2) is 17.2 Å². The lowest BCUT2D eigenvalue weighted by atomic mass is 9.80. The van der Waals surface area contributed by atoms with Crippen LogP contribution in [0.4, 0.5) is 4.39 Å². The molecule has 0 saturated heterocycles. The fourth-order valence-electron chi connectivity index (χ4n) is 1.68. The molecule has 6 heteroatoms. The van der Waals surface area contributed by atoms with Gasteiger partial charge in [-0.25, -0.2) is 4.39 Å². The Morgan fingerprint density at radius 2 is 2.00 bits per heavy atom. The summed E-state index contributed by atoms with van der Waals surface area (Å²) in [4.78, 5) is 0. The fraction of sp³-hybridized carbons (Fsp3) is 0.0714. The Morgan fingerprint density at radius 3 is 2.70 bits per heavy atom. The number of hydrogen-bond donors (Lipinski definition) is 2. The van der Waals surface area contributed by atoms with E-state index in [1.165, 1.54) is 30.3 Å². The molecule has 4 nitrogen and oxygen atoms in total. The van der Waals surface area contributed by atoms with E-state index in [0.717, 1.165) is 0 Å². The molecular weight excluding hydrogens is 260 g/mol. The lowest BCUT2D eigenvalue weighted by molar-refractivity contribution is 0.300. The summed E-state index contributed by atoms with van der Waals surface area (Å²) in [6, 6.07) is 12.2. The van der Waals surface area contributed by atoms with Crippen molar-refractivity contribution in [3.63, 3.8) is 0 Å². The Balaban J connectivity index is 2.13. The minimum Gasteiger partial charge on any atom is -0.489 e. The van der Waals surface area contributed by atoms with Crippen molar-refractivity contribution in [2.75, 3.05) is 0 Å². The van der Waals surface area contributed by atoms with Gasteiger partial charge in [0, 0.05) is 5.56 Å². The van der Waals surface area contributed by atoms with E-state index in [-0.39, 0.29) is 17.6 Å². The van der Waals surface area contributed by atoms with Crippen LogP contribution in [0.5, 0.6) is 5.75 Å². The van der Waals surface area contributed by atoms with Crippen LogP contribution in [0.2, 0.25) is 0 Å². The third kappa shape index (κ3) is 3.35. The van der Waals surface area contributed by atoms with Crippen molar-refractivity contribution < 1.29 is 19.2 Å². The Labute approximate surface area is 115 Å². The summed E-state index contributed by atoms with van der Waals surface area (Å²) in [6.07, 6.45) is 0. The summed E-state index contributed by atoms with van der Waals surface area (Å²) >= 11 is 0. The molecule has 0 radical (unpaired) electrons. The minimum absolute atomic E-state index is 0.0493. The lowest BCUT2D eigenvalue weighted by Crippen LogP contribution is -2.29. The van der Waals surface area contributed by atoms with Gasteiger partial charge in [-0.05, 0) is 35.8 Å². The predicted octanol–water partition coefficient (Wildman–Crippen LogP) is 0.956. The van der Waals surface area contributed by atoms with Crippen molar-refractivity contribution in [3.8, 4) is 11.8 Å². The molecule has 0 aromatic heterocycles. The van der Waals surface area contributed by atoms with E-state index in [1.807, 2.05) is 6.07 Å². The second-order valence-electron chi connectivity index (χ2n) is 4.15. The van der Waals surface area contributed by atoms with Gasteiger partial charge in [-0.15, -0.1) is 0 Å². The van der Waals surface area contributed by atoms with E-state index in [0.29, 0.717) is 11.3 Å². The average molecular weight is 271 g/mol. The first-order valence-corrected chi connectivity index (χ1v) is 5.87. The molecule has 0 heterocycles. The number of halogens is 1. The van der Waals surface area contributed by atoms with Gasteiger partial charge < -0.3 is 14.8 Å². The largest absolute Gasteiger partial charge is 0.489 e. The molecule has 2 N–H and O–H groups in total. The number of rotatable bonds is 4. The third-order valence-electron chi connectivity index (χ3n) is 2.73. The van der Waals surface area contributed by atoms with Crippen LogP contribution in [0.3, 0.4) is 0 Å². The minimum atomic E-state index is -1.59. The second-order valence-corrected chi connectivity index (χ2v) is 4.15. The topological polar surface area (TPSA) is 73.5 Å². The predicted molar refractivity (Wildman–Crippen MR) is 71.7 cm³/mol. The molecule has 0 aliphatic carbocycles. The third-order valence-corrected chi connectivity index (χ3v) is 2.73. The Kier molecular flexibility index (Phi) is 4.36. The summed E-state index contributed by atoms with van der Waals surface area (Å²) in [5, 5.41) is 26.9. The van der Waals surface area contributed by atoms with Crippen LogP contribution in [0.15, 0.2) is 42.5 Å². The van der Waals surface area contributed by atoms with Gasteiger partial charge in [0.2, 0.25) is 0 Å². The van der Waals surface area contributed by atoms with E-state index in [9.17, 15) is 4.39 Å². The SMILES string of the molecule is N#Cc1ccc(F)c(COc2cccc(B(O)O)c2)c1. The monoisotopic (exact) mass is 271 g/mol. The van der Waals surface area contributed by atoms with E-state index in [4.69, 9.17) is 20.0 Å². The summed E-state index contributed by atoms with van der Waals surface area (Å²) in [7, 11) is -1.59.